The Morgan fingerprint density at radius 2 is 1.83 bits per heavy atom. The summed E-state index contributed by atoms with van der Waals surface area (Å²) in [7, 11) is 0. The highest BCUT2D eigenvalue weighted by Gasteiger charge is 2.01. The Bertz CT molecular complexity index is 332. The summed E-state index contributed by atoms with van der Waals surface area (Å²) in [6, 6.07) is 10.5. The molecule has 18 heavy (non-hydrogen) atoms. The summed E-state index contributed by atoms with van der Waals surface area (Å²) < 4.78 is 0. The Labute approximate surface area is 111 Å². The monoisotopic (exact) mass is 247 g/mol. The minimum Gasteiger partial charge on any atom is -0.356 e. The molecule has 0 heterocycles. The maximum atomic E-state index is 11.5. The van der Waals surface area contributed by atoms with Crippen LogP contribution in [0.4, 0.5) is 0 Å². The number of hydrogen-bond donors (Lipinski definition) is 1. The van der Waals surface area contributed by atoms with Crippen molar-refractivity contribution < 1.29 is 4.79 Å². The van der Waals surface area contributed by atoms with Crippen molar-refractivity contribution in [2.24, 2.45) is 5.92 Å². The van der Waals surface area contributed by atoms with Gasteiger partial charge in [-0.2, -0.15) is 0 Å². The van der Waals surface area contributed by atoms with Crippen LogP contribution in [-0.2, 0) is 11.2 Å². The Morgan fingerprint density at radius 1 is 1.11 bits per heavy atom. The third-order valence-electron chi connectivity index (χ3n) is 2.92. The van der Waals surface area contributed by atoms with E-state index in [1.807, 2.05) is 6.07 Å². The van der Waals surface area contributed by atoms with Gasteiger partial charge in [0.1, 0.15) is 0 Å². The molecule has 0 aliphatic heterocycles. The zero-order chi connectivity index (χ0) is 13.2. The maximum Gasteiger partial charge on any atom is 0.220 e. The molecule has 0 fully saturated rings. The second kappa shape index (κ2) is 8.73. The molecule has 0 radical (unpaired) electrons. The number of amides is 1. The van der Waals surface area contributed by atoms with Crippen LogP contribution in [0.2, 0.25) is 0 Å². The fourth-order valence-electron chi connectivity index (χ4n) is 1.84. The molecule has 1 rings (SSSR count). The van der Waals surface area contributed by atoms with Crippen LogP contribution in [0.25, 0.3) is 0 Å². The fraction of sp³-hybridized carbons (Fsp3) is 0.562. The highest BCUT2D eigenvalue weighted by Crippen LogP contribution is 2.07. The SMILES string of the molecule is CC(C)CNC(=O)CCCCCc1ccccc1. The number of hydrogen-bond acceptors (Lipinski definition) is 1. The van der Waals surface area contributed by atoms with Gasteiger partial charge in [0.25, 0.3) is 0 Å². The van der Waals surface area contributed by atoms with Gasteiger partial charge in [-0.05, 0) is 30.7 Å². The number of rotatable bonds is 8. The standard InChI is InChI=1S/C16H25NO/c1-14(2)13-17-16(18)12-8-4-7-11-15-9-5-3-6-10-15/h3,5-6,9-10,14H,4,7-8,11-13H2,1-2H3,(H,17,18). The molecule has 1 aromatic rings. The lowest BCUT2D eigenvalue weighted by Crippen LogP contribution is -2.26. The molecule has 2 heteroatoms. The van der Waals surface area contributed by atoms with Gasteiger partial charge in [0.2, 0.25) is 5.91 Å². The molecule has 0 spiro atoms. The van der Waals surface area contributed by atoms with Gasteiger partial charge in [-0.25, -0.2) is 0 Å². The van der Waals surface area contributed by atoms with Gasteiger partial charge in [0.15, 0.2) is 0 Å². The number of nitrogens with one attached hydrogen (secondary N) is 1. The first-order valence-electron chi connectivity index (χ1n) is 6.99. The molecule has 0 aliphatic carbocycles. The number of carbonyl (C=O) groups excluding carboxylic acids is 1. The van der Waals surface area contributed by atoms with Gasteiger partial charge in [-0.1, -0.05) is 50.6 Å². The zero-order valence-corrected chi connectivity index (χ0v) is 11.6. The summed E-state index contributed by atoms with van der Waals surface area (Å²) in [5.74, 6) is 0.732. The van der Waals surface area contributed by atoms with Gasteiger partial charge in [0.05, 0.1) is 0 Å². The van der Waals surface area contributed by atoms with Crippen molar-refractivity contribution in [1.29, 1.82) is 0 Å². The summed E-state index contributed by atoms with van der Waals surface area (Å²) in [6.45, 7) is 5.02. The van der Waals surface area contributed by atoms with Crippen LogP contribution in [-0.4, -0.2) is 12.5 Å². The van der Waals surface area contributed by atoms with E-state index in [0.717, 1.165) is 25.8 Å². The first-order valence-corrected chi connectivity index (χ1v) is 6.99. The molecular weight excluding hydrogens is 222 g/mol. The minimum atomic E-state index is 0.198. The Kier molecular flexibility index (Phi) is 7.16. The van der Waals surface area contributed by atoms with Crippen molar-refractivity contribution in [2.75, 3.05) is 6.54 Å². The molecule has 0 atom stereocenters. The van der Waals surface area contributed by atoms with E-state index in [1.54, 1.807) is 0 Å². The lowest BCUT2D eigenvalue weighted by molar-refractivity contribution is -0.121. The van der Waals surface area contributed by atoms with E-state index in [2.05, 4.69) is 43.4 Å². The summed E-state index contributed by atoms with van der Waals surface area (Å²) in [4.78, 5) is 11.5. The lowest BCUT2D eigenvalue weighted by atomic mass is 10.1. The van der Waals surface area contributed by atoms with Crippen molar-refractivity contribution in [3.05, 3.63) is 35.9 Å². The highest BCUT2D eigenvalue weighted by atomic mass is 16.1. The summed E-state index contributed by atoms with van der Waals surface area (Å²) in [5, 5.41) is 2.95. The number of aryl methyl sites for hydroxylation is 1. The molecule has 1 aromatic carbocycles. The van der Waals surface area contributed by atoms with Crippen molar-refractivity contribution in [1.82, 2.24) is 5.32 Å². The van der Waals surface area contributed by atoms with E-state index < -0.39 is 0 Å². The van der Waals surface area contributed by atoms with Crippen LogP contribution in [0.1, 0.15) is 45.1 Å². The second-order valence-electron chi connectivity index (χ2n) is 5.24. The molecular formula is C16H25NO. The molecule has 1 N–H and O–H groups in total. The number of carbonyl (C=O) groups is 1. The molecule has 2 nitrogen and oxygen atoms in total. The lowest BCUT2D eigenvalue weighted by Gasteiger charge is -2.07. The molecule has 0 saturated carbocycles. The van der Waals surface area contributed by atoms with E-state index in [-0.39, 0.29) is 5.91 Å². The molecule has 0 aliphatic rings. The van der Waals surface area contributed by atoms with E-state index >= 15 is 0 Å². The summed E-state index contributed by atoms with van der Waals surface area (Å²) in [6.07, 6.45) is 5.08. The molecule has 0 saturated heterocycles. The van der Waals surface area contributed by atoms with E-state index in [1.165, 1.54) is 12.0 Å². The minimum absolute atomic E-state index is 0.198. The van der Waals surface area contributed by atoms with Crippen LogP contribution in [0, 0.1) is 5.92 Å². The largest absolute Gasteiger partial charge is 0.356 e. The second-order valence-corrected chi connectivity index (χ2v) is 5.24. The van der Waals surface area contributed by atoms with Crippen LogP contribution >= 0.6 is 0 Å². The highest BCUT2D eigenvalue weighted by molar-refractivity contribution is 5.75. The van der Waals surface area contributed by atoms with Crippen molar-refractivity contribution in [3.63, 3.8) is 0 Å². The fourth-order valence-corrected chi connectivity index (χ4v) is 1.84. The summed E-state index contributed by atoms with van der Waals surface area (Å²) >= 11 is 0. The molecule has 0 aromatic heterocycles. The van der Waals surface area contributed by atoms with E-state index in [0.29, 0.717) is 12.3 Å². The first-order chi connectivity index (χ1) is 8.68. The predicted molar refractivity (Wildman–Crippen MR) is 76.5 cm³/mol. The van der Waals surface area contributed by atoms with Gasteiger partial charge >= 0.3 is 0 Å². The van der Waals surface area contributed by atoms with Crippen LogP contribution in [0.3, 0.4) is 0 Å². The van der Waals surface area contributed by atoms with E-state index in [9.17, 15) is 4.79 Å². The van der Waals surface area contributed by atoms with Crippen LogP contribution in [0.5, 0.6) is 0 Å². The van der Waals surface area contributed by atoms with Gasteiger partial charge in [-0.3, -0.25) is 4.79 Å². The van der Waals surface area contributed by atoms with E-state index in [4.69, 9.17) is 0 Å². The topological polar surface area (TPSA) is 29.1 Å². The third-order valence-corrected chi connectivity index (χ3v) is 2.92. The third kappa shape index (κ3) is 7.10. The molecule has 1 amide bonds. The van der Waals surface area contributed by atoms with Crippen LogP contribution < -0.4 is 5.32 Å². The van der Waals surface area contributed by atoms with Crippen LogP contribution in [0.15, 0.2) is 30.3 Å². The van der Waals surface area contributed by atoms with Gasteiger partial charge < -0.3 is 5.32 Å². The average Bonchev–Trinajstić information content (AvgIpc) is 2.37. The predicted octanol–water partition coefficient (Wildman–Crippen LogP) is 3.56. The average molecular weight is 247 g/mol. The Hall–Kier alpha value is -1.31. The quantitative estimate of drug-likeness (QED) is 0.699. The van der Waals surface area contributed by atoms with Gasteiger partial charge in [-0.15, -0.1) is 0 Å². The smallest absolute Gasteiger partial charge is 0.220 e. The Morgan fingerprint density at radius 3 is 2.50 bits per heavy atom. The summed E-state index contributed by atoms with van der Waals surface area (Å²) in [5.41, 5.74) is 1.39. The maximum absolute atomic E-state index is 11.5. The first kappa shape index (κ1) is 14.7. The molecule has 0 bridgehead atoms. The van der Waals surface area contributed by atoms with Crippen molar-refractivity contribution >= 4 is 5.91 Å². The molecule has 0 unspecified atom stereocenters. The van der Waals surface area contributed by atoms with Crippen molar-refractivity contribution in [2.45, 2.75) is 46.0 Å². The number of unbranched alkanes of at least 4 members (excludes halogenated alkanes) is 2. The number of benzene rings is 1. The zero-order valence-electron chi connectivity index (χ0n) is 11.6. The molecule has 100 valence electrons. The Balaban J connectivity index is 2.00. The normalized spacial score (nSPS) is 10.6. The van der Waals surface area contributed by atoms with Crippen molar-refractivity contribution in [3.8, 4) is 0 Å². The van der Waals surface area contributed by atoms with Gasteiger partial charge in [0, 0.05) is 13.0 Å².